The van der Waals surface area contributed by atoms with E-state index in [0.29, 0.717) is 0 Å². The van der Waals surface area contributed by atoms with Gasteiger partial charge in [-0.15, -0.1) is 0 Å². The van der Waals surface area contributed by atoms with E-state index in [1.807, 2.05) is 24.3 Å². The van der Waals surface area contributed by atoms with E-state index in [4.69, 9.17) is 4.74 Å². The molecule has 0 bridgehead atoms. The molecule has 0 saturated carbocycles. The van der Waals surface area contributed by atoms with Crippen LogP contribution in [0.5, 0.6) is 0 Å². The minimum Gasteiger partial charge on any atom is -0.458 e. The number of benzene rings is 1. The van der Waals surface area contributed by atoms with E-state index in [0.717, 1.165) is 10.0 Å². The molecule has 1 N–H and O–H groups in total. The Labute approximate surface area is 133 Å². The third-order valence-electron chi connectivity index (χ3n) is 2.39. The number of esters is 1. The normalized spacial score (nSPS) is 13.0. The molecule has 1 rings (SSSR count). The van der Waals surface area contributed by atoms with Crippen molar-refractivity contribution in [2.45, 2.75) is 39.3 Å². The highest BCUT2D eigenvalue weighted by Gasteiger charge is 2.22. The van der Waals surface area contributed by atoms with Gasteiger partial charge in [0, 0.05) is 10.5 Å². The van der Waals surface area contributed by atoms with Gasteiger partial charge in [0.15, 0.2) is 0 Å². The molecule has 114 valence electrons. The van der Waals surface area contributed by atoms with Crippen LogP contribution in [0.4, 0.5) is 0 Å². The van der Waals surface area contributed by atoms with Gasteiger partial charge in [0.2, 0.25) is 5.91 Å². The summed E-state index contributed by atoms with van der Waals surface area (Å²) in [6, 6.07) is 6.86. The van der Waals surface area contributed by atoms with Gasteiger partial charge in [-0.25, -0.2) is 4.79 Å². The molecule has 0 spiro atoms. The molecule has 4 nitrogen and oxygen atoms in total. The molecule has 1 aromatic rings. The van der Waals surface area contributed by atoms with Crippen LogP contribution in [-0.2, 0) is 14.3 Å². The zero-order valence-electron chi connectivity index (χ0n) is 12.6. The fourth-order valence-corrected chi connectivity index (χ4v) is 1.91. The number of carbonyl (C=O) groups is 2. The first-order valence-electron chi connectivity index (χ1n) is 6.64. The maximum atomic E-state index is 11.8. The van der Waals surface area contributed by atoms with Crippen LogP contribution in [-0.4, -0.2) is 23.5 Å². The highest BCUT2D eigenvalue weighted by atomic mass is 79.9. The van der Waals surface area contributed by atoms with Crippen molar-refractivity contribution in [2.24, 2.45) is 0 Å². The third kappa shape index (κ3) is 7.09. The molecular formula is C16H20BrNO3. The zero-order valence-corrected chi connectivity index (χ0v) is 14.2. The molecule has 21 heavy (non-hydrogen) atoms. The van der Waals surface area contributed by atoms with Gasteiger partial charge in [-0.1, -0.05) is 28.1 Å². The molecular weight excluding hydrogens is 334 g/mol. The Hall–Kier alpha value is -1.62. The summed E-state index contributed by atoms with van der Waals surface area (Å²) < 4.78 is 6.13. The van der Waals surface area contributed by atoms with Gasteiger partial charge < -0.3 is 10.1 Å². The van der Waals surface area contributed by atoms with Crippen molar-refractivity contribution in [3.05, 3.63) is 40.4 Å². The Morgan fingerprint density at radius 1 is 1.33 bits per heavy atom. The lowest BCUT2D eigenvalue weighted by Crippen LogP contribution is -2.41. The van der Waals surface area contributed by atoms with Crippen molar-refractivity contribution in [3.8, 4) is 0 Å². The lowest BCUT2D eigenvalue weighted by atomic mass is 10.2. The third-order valence-corrected chi connectivity index (χ3v) is 2.89. The Kier molecular flexibility index (Phi) is 6.15. The molecule has 1 aromatic carbocycles. The first-order valence-corrected chi connectivity index (χ1v) is 7.44. The summed E-state index contributed by atoms with van der Waals surface area (Å²) in [7, 11) is 0. The molecule has 0 radical (unpaired) electrons. The minimum atomic E-state index is -0.691. The molecule has 0 aliphatic heterocycles. The fourth-order valence-electron chi connectivity index (χ4n) is 1.49. The van der Waals surface area contributed by atoms with Gasteiger partial charge in [-0.05, 0) is 51.5 Å². The number of ether oxygens (including phenoxy) is 1. The summed E-state index contributed by atoms with van der Waals surface area (Å²) in [6.07, 6.45) is 3.07. The van der Waals surface area contributed by atoms with E-state index < -0.39 is 17.6 Å². The van der Waals surface area contributed by atoms with E-state index in [1.54, 1.807) is 33.8 Å². The minimum absolute atomic E-state index is 0.340. The van der Waals surface area contributed by atoms with Crippen molar-refractivity contribution >= 4 is 33.9 Å². The molecule has 5 heteroatoms. The van der Waals surface area contributed by atoms with Gasteiger partial charge >= 0.3 is 5.97 Å². The van der Waals surface area contributed by atoms with E-state index in [1.165, 1.54) is 6.08 Å². The van der Waals surface area contributed by atoms with Crippen molar-refractivity contribution in [1.29, 1.82) is 0 Å². The first-order chi connectivity index (χ1) is 9.67. The molecule has 0 aliphatic rings. The second kappa shape index (κ2) is 7.41. The summed E-state index contributed by atoms with van der Waals surface area (Å²) in [6.45, 7) is 6.95. The highest BCUT2D eigenvalue weighted by Crippen LogP contribution is 2.12. The lowest BCUT2D eigenvalue weighted by molar-refractivity contribution is -0.157. The molecule has 0 aliphatic carbocycles. The molecule has 0 saturated heterocycles. The number of hydrogen-bond acceptors (Lipinski definition) is 3. The number of halogens is 1. The quantitative estimate of drug-likeness (QED) is 0.667. The molecule has 1 amide bonds. The molecule has 0 fully saturated rings. The standard InChI is InChI=1S/C16H20BrNO3/c1-11(15(20)21-16(2,3)4)18-14(19)9-8-12-6-5-7-13(17)10-12/h5-11H,1-4H3,(H,18,19)/b9-8+/t11-/m0/s1. The number of carbonyl (C=O) groups excluding carboxylic acids is 2. The Balaban J connectivity index is 2.55. The molecule has 0 unspecified atom stereocenters. The second-order valence-corrected chi connectivity index (χ2v) is 6.57. The van der Waals surface area contributed by atoms with Crippen molar-refractivity contribution < 1.29 is 14.3 Å². The number of hydrogen-bond donors (Lipinski definition) is 1. The van der Waals surface area contributed by atoms with Crippen LogP contribution in [0.2, 0.25) is 0 Å². The second-order valence-electron chi connectivity index (χ2n) is 5.65. The SMILES string of the molecule is C[C@H](NC(=O)/C=C/c1cccc(Br)c1)C(=O)OC(C)(C)C. The Morgan fingerprint density at radius 2 is 2.00 bits per heavy atom. The Bertz CT molecular complexity index is 547. The summed E-state index contributed by atoms with van der Waals surface area (Å²) in [4.78, 5) is 23.5. The highest BCUT2D eigenvalue weighted by molar-refractivity contribution is 9.10. The van der Waals surface area contributed by atoms with Gasteiger partial charge in [-0.3, -0.25) is 4.79 Å². The predicted octanol–water partition coefficient (Wildman–Crippen LogP) is 3.31. The lowest BCUT2D eigenvalue weighted by Gasteiger charge is -2.22. The van der Waals surface area contributed by atoms with Crippen LogP contribution in [0.3, 0.4) is 0 Å². The average molecular weight is 354 g/mol. The zero-order chi connectivity index (χ0) is 16.0. The van der Waals surface area contributed by atoms with Gasteiger partial charge in [0.05, 0.1) is 0 Å². The van der Waals surface area contributed by atoms with E-state index in [9.17, 15) is 9.59 Å². The van der Waals surface area contributed by atoms with E-state index >= 15 is 0 Å². The number of nitrogens with one attached hydrogen (secondary N) is 1. The number of amides is 1. The van der Waals surface area contributed by atoms with Crippen molar-refractivity contribution in [3.63, 3.8) is 0 Å². The summed E-state index contributed by atoms with van der Waals surface area (Å²) in [5.74, 6) is -0.792. The van der Waals surface area contributed by atoms with Crippen molar-refractivity contribution in [2.75, 3.05) is 0 Å². The van der Waals surface area contributed by atoms with Gasteiger partial charge in [0.1, 0.15) is 11.6 Å². The Morgan fingerprint density at radius 3 is 2.57 bits per heavy atom. The molecule has 0 heterocycles. The van der Waals surface area contributed by atoms with E-state index in [-0.39, 0.29) is 5.91 Å². The maximum absolute atomic E-state index is 11.8. The summed E-state index contributed by atoms with van der Waals surface area (Å²) >= 11 is 3.36. The molecule has 0 aromatic heterocycles. The topological polar surface area (TPSA) is 55.4 Å². The van der Waals surface area contributed by atoms with Gasteiger partial charge in [-0.2, -0.15) is 0 Å². The molecule has 1 atom stereocenters. The van der Waals surface area contributed by atoms with Crippen LogP contribution in [0.15, 0.2) is 34.8 Å². The van der Waals surface area contributed by atoms with Crippen LogP contribution >= 0.6 is 15.9 Å². The number of rotatable bonds is 4. The summed E-state index contributed by atoms with van der Waals surface area (Å²) in [5, 5.41) is 2.58. The van der Waals surface area contributed by atoms with Crippen LogP contribution in [0.1, 0.15) is 33.3 Å². The monoisotopic (exact) mass is 353 g/mol. The van der Waals surface area contributed by atoms with Crippen LogP contribution in [0, 0.1) is 0 Å². The fraction of sp³-hybridized carbons (Fsp3) is 0.375. The predicted molar refractivity (Wildman–Crippen MR) is 86.6 cm³/mol. The van der Waals surface area contributed by atoms with E-state index in [2.05, 4.69) is 21.2 Å². The van der Waals surface area contributed by atoms with Crippen molar-refractivity contribution in [1.82, 2.24) is 5.32 Å². The average Bonchev–Trinajstić information content (AvgIpc) is 2.34. The van der Waals surface area contributed by atoms with Crippen LogP contribution < -0.4 is 5.32 Å². The summed E-state index contributed by atoms with van der Waals surface area (Å²) in [5.41, 5.74) is 0.326. The smallest absolute Gasteiger partial charge is 0.328 e. The van der Waals surface area contributed by atoms with Crippen LogP contribution in [0.25, 0.3) is 6.08 Å². The maximum Gasteiger partial charge on any atom is 0.328 e. The largest absolute Gasteiger partial charge is 0.458 e. The first kappa shape index (κ1) is 17.4. The van der Waals surface area contributed by atoms with Gasteiger partial charge in [0.25, 0.3) is 0 Å².